The van der Waals surface area contributed by atoms with E-state index in [2.05, 4.69) is 4.74 Å². The number of carbonyl (C=O) groups is 1. The van der Waals surface area contributed by atoms with E-state index in [9.17, 15) is 44.3 Å². The molecule has 0 aliphatic heterocycles. The standard InChI is InChI=1S/C24H15F9O3/c1-2-3-12-4-6-13(7-5-12)22(34)35-15-10-16(25)20(17(26)11-15)14-8-18(27)21(19(28)9-14)23(29,30)36-24(31,32)33/h4-11H,2-3H2,1H3. The lowest BCUT2D eigenvalue weighted by Gasteiger charge is -2.20. The highest BCUT2D eigenvalue weighted by molar-refractivity contribution is 5.91. The van der Waals surface area contributed by atoms with Crippen molar-refractivity contribution in [1.82, 2.24) is 0 Å². The number of benzene rings is 3. The van der Waals surface area contributed by atoms with E-state index in [0.717, 1.165) is 18.4 Å². The molecule has 3 aromatic carbocycles. The molecule has 0 saturated heterocycles. The third-order valence-electron chi connectivity index (χ3n) is 4.82. The Hall–Kier alpha value is -3.54. The monoisotopic (exact) mass is 522 g/mol. The summed E-state index contributed by atoms with van der Waals surface area (Å²) >= 11 is 0. The molecule has 3 rings (SSSR count). The van der Waals surface area contributed by atoms with Crippen LogP contribution in [0.1, 0.15) is 34.8 Å². The minimum atomic E-state index is -5.94. The Bertz CT molecular complexity index is 1220. The molecule has 0 aromatic heterocycles. The van der Waals surface area contributed by atoms with Crippen molar-refractivity contribution in [2.75, 3.05) is 0 Å². The van der Waals surface area contributed by atoms with Gasteiger partial charge < -0.3 is 4.74 Å². The van der Waals surface area contributed by atoms with Crippen LogP contribution in [0.25, 0.3) is 11.1 Å². The molecule has 0 saturated carbocycles. The van der Waals surface area contributed by atoms with Crippen molar-refractivity contribution >= 4 is 5.97 Å². The van der Waals surface area contributed by atoms with Gasteiger partial charge >= 0.3 is 18.4 Å². The lowest BCUT2D eigenvalue weighted by atomic mass is 10.0. The van der Waals surface area contributed by atoms with E-state index in [1.807, 2.05) is 6.92 Å². The average molecular weight is 522 g/mol. The number of hydrogen-bond acceptors (Lipinski definition) is 3. The number of aryl methyl sites for hydroxylation is 1. The fraction of sp³-hybridized carbons (Fsp3) is 0.208. The van der Waals surface area contributed by atoms with Crippen molar-refractivity contribution in [3.8, 4) is 16.9 Å². The maximum Gasteiger partial charge on any atom is 0.527 e. The molecule has 0 atom stereocenters. The first kappa shape index (κ1) is 27.1. The van der Waals surface area contributed by atoms with Gasteiger partial charge in [-0.3, -0.25) is 0 Å². The number of ether oxygens (including phenoxy) is 2. The van der Waals surface area contributed by atoms with Gasteiger partial charge in [0.05, 0.1) is 11.1 Å². The highest BCUT2D eigenvalue weighted by Crippen LogP contribution is 2.41. The highest BCUT2D eigenvalue weighted by Gasteiger charge is 2.49. The van der Waals surface area contributed by atoms with Crippen LogP contribution >= 0.6 is 0 Å². The van der Waals surface area contributed by atoms with Crippen molar-refractivity contribution in [1.29, 1.82) is 0 Å². The Morgan fingerprint density at radius 3 is 1.81 bits per heavy atom. The summed E-state index contributed by atoms with van der Waals surface area (Å²) in [7, 11) is 0. The van der Waals surface area contributed by atoms with Gasteiger partial charge in [-0.2, -0.15) is 8.78 Å². The molecule has 192 valence electrons. The molecule has 0 aliphatic rings. The largest absolute Gasteiger partial charge is 0.527 e. The number of hydrogen-bond donors (Lipinski definition) is 0. The van der Waals surface area contributed by atoms with Crippen molar-refractivity contribution in [2.24, 2.45) is 0 Å². The molecule has 0 aliphatic carbocycles. The van der Waals surface area contributed by atoms with Gasteiger partial charge in [-0.25, -0.2) is 27.1 Å². The van der Waals surface area contributed by atoms with E-state index in [-0.39, 0.29) is 17.7 Å². The van der Waals surface area contributed by atoms with Crippen molar-refractivity contribution in [3.63, 3.8) is 0 Å². The fourth-order valence-electron chi connectivity index (χ4n) is 3.34. The second-order valence-electron chi connectivity index (χ2n) is 7.48. The molecule has 0 spiro atoms. The minimum Gasteiger partial charge on any atom is -0.423 e. The summed E-state index contributed by atoms with van der Waals surface area (Å²) in [6.07, 6.45) is -9.77. The highest BCUT2D eigenvalue weighted by atomic mass is 19.4. The SMILES string of the molecule is CCCc1ccc(C(=O)Oc2cc(F)c(-c3cc(F)c(C(F)(F)OC(F)(F)F)c(F)c3)c(F)c2)cc1. The third kappa shape index (κ3) is 6.17. The summed E-state index contributed by atoms with van der Waals surface area (Å²) in [5, 5.41) is 0. The van der Waals surface area contributed by atoms with Gasteiger partial charge in [0, 0.05) is 12.1 Å². The van der Waals surface area contributed by atoms with Crippen LogP contribution in [0.4, 0.5) is 39.5 Å². The van der Waals surface area contributed by atoms with Gasteiger partial charge in [-0.15, -0.1) is 13.2 Å². The van der Waals surface area contributed by atoms with E-state index < -0.39 is 64.1 Å². The van der Waals surface area contributed by atoms with Crippen LogP contribution in [0.3, 0.4) is 0 Å². The van der Waals surface area contributed by atoms with Gasteiger partial charge in [0.15, 0.2) is 0 Å². The first-order valence-electron chi connectivity index (χ1n) is 10.2. The Labute approximate surface area is 198 Å². The quantitative estimate of drug-likeness (QED) is 0.182. The molecule has 0 amide bonds. The Morgan fingerprint density at radius 2 is 1.33 bits per heavy atom. The van der Waals surface area contributed by atoms with Crippen LogP contribution in [0.5, 0.6) is 5.75 Å². The van der Waals surface area contributed by atoms with Gasteiger partial charge in [-0.05, 0) is 41.8 Å². The maximum absolute atomic E-state index is 14.6. The number of carbonyl (C=O) groups excluding carboxylic acids is 1. The Kier molecular flexibility index (Phi) is 7.68. The van der Waals surface area contributed by atoms with E-state index in [1.165, 1.54) is 12.1 Å². The first-order valence-corrected chi connectivity index (χ1v) is 10.2. The second-order valence-corrected chi connectivity index (χ2v) is 7.48. The molecule has 0 heterocycles. The normalized spacial score (nSPS) is 12.1. The molecule has 0 N–H and O–H groups in total. The van der Waals surface area contributed by atoms with E-state index >= 15 is 0 Å². The second kappa shape index (κ2) is 10.2. The molecular formula is C24H15F9O3. The zero-order valence-corrected chi connectivity index (χ0v) is 18.2. The summed E-state index contributed by atoms with van der Waals surface area (Å²) in [5.41, 5.74) is -3.44. The predicted octanol–water partition coefficient (Wildman–Crippen LogP) is 7.67. The first-order chi connectivity index (χ1) is 16.7. The van der Waals surface area contributed by atoms with E-state index in [0.29, 0.717) is 12.1 Å². The minimum absolute atomic E-state index is 0.0110. The molecule has 0 bridgehead atoms. The summed E-state index contributed by atoms with van der Waals surface area (Å²) in [6.45, 7) is 1.96. The Morgan fingerprint density at radius 1 is 0.806 bits per heavy atom. The summed E-state index contributed by atoms with van der Waals surface area (Å²) in [6, 6.07) is 7.26. The van der Waals surface area contributed by atoms with Crippen LogP contribution in [-0.4, -0.2) is 12.3 Å². The molecule has 3 aromatic rings. The number of esters is 1. The van der Waals surface area contributed by atoms with E-state index in [1.54, 1.807) is 12.1 Å². The summed E-state index contributed by atoms with van der Waals surface area (Å²) in [5.74, 6) is -9.07. The molecule has 36 heavy (non-hydrogen) atoms. The lowest BCUT2D eigenvalue weighted by Crippen LogP contribution is -2.29. The molecular weight excluding hydrogens is 507 g/mol. The van der Waals surface area contributed by atoms with Gasteiger partial charge in [0.2, 0.25) is 0 Å². The predicted molar refractivity (Wildman–Crippen MR) is 108 cm³/mol. The smallest absolute Gasteiger partial charge is 0.423 e. The molecule has 12 heteroatoms. The third-order valence-corrected chi connectivity index (χ3v) is 4.82. The number of alkyl halides is 5. The molecule has 3 nitrogen and oxygen atoms in total. The van der Waals surface area contributed by atoms with Crippen LogP contribution in [0, 0.1) is 23.3 Å². The van der Waals surface area contributed by atoms with Crippen LogP contribution < -0.4 is 4.74 Å². The van der Waals surface area contributed by atoms with Gasteiger partial charge in [0.25, 0.3) is 0 Å². The summed E-state index contributed by atoms with van der Waals surface area (Å²) in [4.78, 5) is 12.3. The maximum atomic E-state index is 14.6. The zero-order chi connectivity index (χ0) is 26.8. The number of rotatable bonds is 7. The Balaban J connectivity index is 1.90. The number of halogens is 9. The topological polar surface area (TPSA) is 35.5 Å². The average Bonchev–Trinajstić information content (AvgIpc) is 2.71. The van der Waals surface area contributed by atoms with Crippen molar-refractivity contribution in [2.45, 2.75) is 32.2 Å². The molecule has 0 radical (unpaired) electrons. The van der Waals surface area contributed by atoms with Crippen LogP contribution in [0.15, 0.2) is 48.5 Å². The van der Waals surface area contributed by atoms with Gasteiger partial charge in [-0.1, -0.05) is 25.5 Å². The molecule has 0 unspecified atom stereocenters. The van der Waals surface area contributed by atoms with Crippen LogP contribution in [0.2, 0.25) is 0 Å². The lowest BCUT2D eigenvalue weighted by molar-refractivity contribution is -0.432. The van der Waals surface area contributed by atoms with E-state index in [4.69, 9.17) is 4.74 Å². The van der Waals surface area contributed by atoms with Gasteiger partial charge in [0.1, 0.15) is 34.6 Å². The van der Waals surface area contributed by atoms with Crippen molar-refractivity contribution < 1.29 is 53.8 Å². The zero-order valence-electron chi connectivity index (χ0n) is 18.2. The fourth-order valence-corrected chi connectivity index (χ4v) is 3.34. The summed E-state index contributed by atoms with van der Waals surface area (Å²) < 4.78 is 129. The molecule has 0 fully saturated rings. The van der Waals surface area contributed by atoms with Crippen LogP contribution in [-0.2, 0) is 17.3 Å². The van der Waals surface area contributed by atoms with Crippen molar-refractivity contribution in [3.05, 3.63) is 88.5 Å².